The van der Waals surface area contributed by atoms with Crippen LogP contribution < -0.4 is 5.73 Å². The molecule has 1 aromatic rings. The number of thioether (sulfide) groups is 1. The van der Waals surface area contributed by atoms with Gasteiger partial charge >= 0.3 is 0 Å². The van der Waals surface area contributed by atoms with Crippen molar-refractivity contribution in [2.24, 2.45) is 10.7 Å². The van der Waals surface area contributed by atoms with Crippen LogP contribution in [0, 0.1) is 0 Å². The van der Waals surface area contributed by atoms with Crippen LogP contribution in [0.5, 0.6) is 0 Å². The van der Waals surface area contributed by atoms with Crippen molar-refractivity contribution in [2.75, 3.05) is 6.26 Å². The van der Waals surface area contributed by atoms with Crippen molar-refractivity contribution in [3.05, 3.63) is 35.9 Å². The molecule has 0 aliphatic heterocycles. The summed E-state index contributed by atoms with van der Waals surface area (Å²) in [6.07, 6.45) is 9.32. The average molecular weight is 337 g/mol. The zero-order valence-corrected chi connectivity index (χ0v) is 15.0. The smallest absolute Gasteiger partial charge is 0.247 e. The van der Waals surface area contributed by atoms with Gasteiger partial charge in [-0.2, -0.15) is 4.99 Å². The first-order chi connectivity index (χ1) is 11.2. The molecule has 23 heavy (non-hydrogen) atoms. The number of benzene rings is 1. The molecule has 128 valence electrons. The summed E-state index contributed by atoms with van der Waals surface area (Å²) in [5, 5.41) is 0.335. The lowest BCUT2D eigenvalue weighted by Gasteiger charge is -2.21. The number of carbonyl (C=O) groups excluding carboxylic acids is 1. The van der Waals surface area contributed by atoms with Crippen LogP contribution >= 0.6 is 11.8 Å². The standard InChI is InChI=1S/C13H18O.C5H10N2OS/c1-3-7-12(8-4-1)11-14-13-9-5-2-6-10-13;1-3-4(8)7-5(6)9-2/h1,3-4,7-8,13H,2,5-6,9-11H2;3H2,1-2H3,(H2,6,7,8). The van der Waals surface area contributed by atoms with E-state index in [4.69, 9.17) is 10.5 Å². The van der Waals surface area contributed by atoms with E-state index in [1.807, 2.05) is 6.07 Å². The third kappa shape index (κ3) is 9.41. The quantitative estimate of drug-likeness (QED) is 0.663. The minimum Gasteiger partial charge on any atom is -0.378 e. The molecule has 1 saturated carbocycles. The van der Waals surface area contributed by atoms with Crippen molar-refractivity contribution < 1.29 is 9.53 Å². The molecule has 0 unspecified atom stereocenters. The molecule has 1 aromatic carbocycles. The highest BCUT2D eigenvalue weighted by molar-refractivity contribution is 8.13. The Hall–Kier alpha value is -1.33. The van der Waals surface area contributed by atoms with Crippen LogP contribution in [-0.4, -0.2) is 23.4 Å². The number of aliphatic imine (C=N–C) groups is 1. The lowest BCUT2D eigenvalue weighted by Crippen LogP contribution is -2.16. The van der Waals surface area contributed by atoms with E-state index in [9.17, 15) is 4.79 Å². The highest BCUT2D eigenvalue weighted by Crippen LogP contribution is 2.21. The molecule has 5 heteroatoms. The predicted molar refractivity (Wildman–Crippen MR) is 98.5 cm³/mol. The first-order valence-corrected chi connectivity index (χ1v) is 9.44. The molecule has 0 bridgehead atoms. The van der Waals surface area contributed by atoms with E-state index < -0.39 is 0 Å². The van der Waals surface area contributed by atoms with Crippen molar-refractivity contribution in [1.29, 1.82) is 0 Å². The van der Waals surface area contributed by atoms with Gasteiger partial charge < -0.3 is 10.5 Å². The Labute approximate surface area is 143 Å². The molecule has 2 rings (SSSR count). The van der Waals surface area contributed by atoms with Crippen LogP contribution in [0.3, 0.4) is 0 Å². The van der Waals surface area contributed by atoms with Gasteiger partial charge in [0, 0.05) is 6.42 Å². The third-order valence-electron chi connectivity index (χ3n) is 3.63. The van der Waals surface area contributed by atoms with Gasteiger partial charge in [0.2, 0.25) is 5.91 Å². The maximum Gasteiger partial charge on any atom is 0.247 e. The Morgan fingerprint density at radius 2 is 1.91 bits per heavy atom. The first-order valence-electron chi connectivity index (χ1n) is 8.22. The fourth-order valence-electron chi connectivity index (χ4n) is 2.27. The summed E-state index contributed by atoms with van der Waals surface area (Å²) in [6.45, 7) is 2.53. The molecule has 0 spiro atoms. The SMILES string of the molecule is CCC(=O)N=C(N)SC.c1ccc(COC2CCCCC2)cc1. The Morgan fingerprint density at radius 3 is 2.48 bits per heavy atom. The Balaban J connectivity index is 0.000000257. The fourth-order valence-corrected chi connectivity index (χ4v) is 2.46. The number of amidine groups is 1. The zero-order valence-electron chi connectivity index (χ0n) is 14.2. The maximum absolute atomic E-state index is 10.5. The summed E-state index contributed by atoms with van der Waals surface area (Å²) >= 11 is 1.28. The number of amides is 1. The van der Waals surface area contributed by atoms with E-state index in [1.54, 1.807) is 13.2 Å². The van der Waals surface area contributed by atoms with Gasteiger partial charge in [-0.05, 0) is 24.7 Å². The third-order valence-corrected chi connectivity index (χ3v) is 4.14. The Bertz CT molecular complexity index is 471. The van der Waals surface area contributed by atoms with Gasteiger partial charge in [0.15, 0.2) is 5.17 Å². The summed E-state index contributed by atoms with van der Waals surface area (Å²) in [7, 11) is 0. The van der Waals surface area contributed by atoms with Crippen LogP contribution in [0.25, 0.3) is 0 Å². The van der Waals surface area contributed by atoms with Crippen molar-refractivity contribution in [1.82, 2.24) is 0 Å². The summed E-state index contributed by atoms with van der Waals surface area (Å²) < 4.78 is 5.87. The van der Waals surface area contributed by atoms with Crippen LogP contribution in [0.4, 0.5) is 0 Å². The second-order valence-corrected chi connectivity index (χ2v) is 6.28. The molecular weight excluding hydrogens is 308 g/mol. The molecule has 0 radical (unpaired) electrons. The summed E-state index contributed by atoms with van der Waals surface area (Å²) in [6, 6.07) is 10.4. The van der Waals surface area contributed by atoms with Crippen LogP contribution in [-0.2, 0) is 16.1 Å². The Kier molecular flexibility index (Phi) is 10.4. The summed E-state index contributed by atoms with van der Waals surface area (Å²) in [5.41, 5.74) is 6.53. The molecule has 0 heterocycles. The molecule has 1 aliphatic rings. The highest BCUT2D eigenvalue weighted by atomic mass is 32.2. The number of ether oxygens (including phenoxy) is 1. The molecule has 0 atom stereocenters. The van der Waals surface area contributed by atoms with Crippen molar-refractivity contribution in [3.63, 3.8) is 0 Å². The number of nitrogens with zero attached hydrogens (tertiary/aromatic N) is 1. The summed E-state index contributed by atoms with van der Waals surface area (Å²) in [5.74, 6) is -0.165. The van der Waals surface area contributed by atoms with E-state index in [0.717, 1.165) is 6.61 Å². The zero-order chi connectivity index (χ0) is 16.9. The fraction of sp³-hybridized carbons (Fsp3) is 0.556. The van der Waals surface area contributed by atoms with Gasteiger partial charge in [0.05, 0.1) is 12.7 Å². The van der Waals surface area contributed by atoms with E-state index in [-0.39, 0.29) is 5.91 Å². The van der Waals surface area contributed by atoms with E-state index >= 15 is 0 Å². The van der Waals surface area contributed by atoms with Gasteiger partial charge in [0.25, 0.3) is 0 Å². The molecule has 0 aromatic heterocycles. The molecular formula is C18H28N2O2S. The number of hydrogen-bond donors (Lipinski definition) is 1. The average Bonchev–Trinajstić information content (AvgIpc) is 2.62. The topological polar surface area (TPSA) is 64.7 Å². The molecule has 1 aliphatic carbocycles. The highest BCUT2D eigenvalue weighted by Gasteiger charge is 2.13. The van der Waals surface area contributed by atoms with Crippen molar-refractivity contribution >= 4 is 22.8 Å². The number of carbonyl (C=O) groups is 1. The Morgan fingerprint density at radius 1 is 1.26 bits per heavy atom. The molecule has 1 fully saturated rings. The second-order valence-electron chi connectivity index (χ2n) is 5.46. The second kappa shape index (κ2) is 12.1. The number of nitrogens with two attached hydrogens (primary N) is 1. The van der Waals surface area contributed by atoms with Gasteiger partial charge in [-0.1, -0.05) is 68.3 Å². The normalized spacial score (nSPS) is 15.7. The number of hydrogen-bond acceptors (Lipinski definition) is 3. The maximum atomic E-state index is 10.5. The van der Waals surface area contributed by atoms with Gasteiger partial charge in [-0.15, -0.1) is 0 Å². The van der Waals surface area contributed by atoms with E-state index in [2.05, 4.69) is 29.3 Å². The monoisotopic (exact) mass is 336 g/mol. The lowest BCUT2D eigenvalue weighted by atomic mass is 9.98. The van der Waals surface area contributed by atoms with Crippen LogP contribution in [0.1, 0.15) is 51.0 Å². The largest absolute Gasteiger partial charge is 0.378 e. The molecule has 0 saturated heterocycles. The lowest BCUT2D eigenvalue weighted by molar-refractivity contribution is -0.117. The van der Waals surface area contributed by atoms with Gasteiger partial charge in [0.1, 0.15) is 0 Å². The van der Waals surface area contributed by atoms with E-state index in [0.29, 0.717) is 17.7 Å². The minimum absolute atomic E-state index is 0.165. The van der Waals surface area contributed by atoms with Crippen molar-refractivity contribution in [3.8, 4) is 0 Å². The molecule has 4 nitrogen and oxygen atoms in total. The first kappa shape index (κ1) is 19.7. The van der Waals surface area contributed by atoms with Crippen molar-refractivity contribution in [2.45, 2.75) is 58.2 Å². The van der Waals surface area contributed by atoms with Gasteiger partial charge in [-0.3, -0.25) is 4.79 Å². The van der Waals surface area contributed by atoms with Crippen LogP contribution in [0.2, 0.25) is 0 Å². The minimum atomic E-state index is -0.165. The molecule has 2 N–H and O–H groups in total. The van der Waals surface area contributed by atoms with Gasteiger partial charge in [-0.25, -0.2) is 0 Å². The predicted octanol–water partition coefficient (Wildman–Crippen LogP) is 4.14. The summed E-state index contributed by atoms with van der Waals surface area (Å²) in [4.78, 5) is 14.0. The number of rotatable bonds is 4. The van der Waals surface area contributed by atoms with E-state index in [1.165, 1.54) is 49.4 Å². The molecule has 1 amide bonds. The van der Waals surface area contributed by atoms with Crippen LogP contribution in [0.15, 0.2) is 35.3 Å².